The molecule has 1 nitrogen and oxygen atoms in total. The molecule has 4 saturated carbocycles. The Morgan fingerprint density at radius 2 is 1.87 bits per heavy atom. The maximum absolute atomic E-state index is 10.6. The van der Waals surface area contributed by atoms with Gasteiger partial charge in [0.25, 0.3) is 0 Å². The van der Waals surface area contributed by atoms with Gasteiger partial charge in [0.15, 0.2) is 0 Å². The third-order valence-electron chi connectivity index (χ3n) is 6.07. The average Bonchev–Trinajstić information content (AvgIpc) is 3.02. The van der Waals surface area contributed by atoms with Crippen LogP contribution in [0.25, 0.3) is 0 Å². The molecule has 6 unspecified atom stereocenters. The molecule has 4 fully saturated rings. The van der Waals surface area contributed by atoms with Crippen LogP contribution in [0.1, 0.15) is 45.4 Å². The molecule has 0 aromatic rings. The van der Waals surface area contributed by atoms with Crippen LogP contribution in [0.2, 0.25) is 0 Å². The summed E-state index contributed by atoms with van der Waals surface area (Å²) in [7, 11) is 0. The minimum absolute atomic E-state index is 0.174. The number of fused-ring (bicyclic) bond motifs is 5. The van der Waals surface area contributed by atoms with Crippen molar-refractivity contribution in [3.8, 4) is 0 Å². The van der Waals surface area contributed by atoms with Crippen molar-refractivity contribution in [2.75, 3.05) is 0 Å². The van der Waals surface area contributed by atoms with E-state index in [4.69, 9.17) is 0 Å². The lowest BCUT2D eigenvalue weighted by molar-refractivity contribution is 0.0844. The fourth-order valence-electron chi connectivity index (χ4n) is 5.44. The van der Waals surface area contributed by atoms with Crippen molar-refractivity contribution >= 4 is 0 Å². The van der Waals surface area contributed by atoms with Crippen molar-refractivity contribution in [3.05, 3.63) is 0 Å². The van der Waals surface area contributed by atoms with Crippen molar-refractivity contribution in [1.82, 2.24) is 0 Å². The van der Waals surface area contributed by atoms with E-state index >= 15 is 0 Å². The molecule has 4 aliphatic carbocycles. The lowest BCUT2D eigenvalue weighted by Crippen LogP contribution is -2.19. The highest BCUT2D eigenvalue weighted by atomic mass is 16.3. The summed E-state index contributed by atoms with van der Waals surface area (Å²) in [4.78, 5) is 0. The molecule has 0 aliphatic heterocycles. The Balaban J connectivity index is 1.50. The van der Waals surface area contributed by atoms with Crippen LogP contribution in [0.5, 0.6) is 0 Å². The van der Waals surface area contributed by atoms with Crippen molar-refractivity contribution < 1.29 is 5.11 Å². The molecular weight excluding hydrogens is 184 g/mol. The first-order valence-electron chi connectivity index (χ1n) is 6.98. The van der Waals surface area contributed by atoms with Crippen LogP contribution in [-0.2, 0) is 0 Å². The van der Waals surface area contributed by atoms with Crippen LogP contribution < -0.4 is 0 Å². The van der Waals surface area contributed by atoms with E-state index in [1.54, 1.807) is 0 Å². The Hall–Kier alpha value is -0.0400. The fraction of sp³-hybridized carbons (Fsp3) is 1.00. The second-order valence-electron chi connectivity index (χ2n) is 6.69. The number of hydrogen-bond acceptors (Lipinski definition) is 1. The molecule has 0 radical (unpaired) electrons. The lowest BCUT2D eigenvalue weighted by Gasteiger charge is -2.15. The van der Waals surface area contributed by atoms with Gasteiger partial charge in [0.1, 0.15) is 0 Å². The average molecular weight is 206 g/mol. The monoisotopic (exact) mass is 206 g/mol. The SMILES string of the molecule is CCCC1CC1(O)C1C2C3CCC(C3)C21. The quantitative estimate of drug-likeness (QED) is 0.753. The highest BCUT2D eigenvalue weighted by Gasteiger charge is 2.75. The molecule has 15 heavy (non-hydrogen) atoms. The first-order chi connectivity index (χ1) is 7.25. The second-order valence-corrected chi connectivity index (χ2v) is 6.69. The molecule has 1 N–H and O–H groups in total. The molecular formula is C14H22O. The molecule has 0 spiro atoms. The molecule has 0 aromatic carbocycles. The van der Waals surface area contributed by atoms with Crippen LogP contribution in [0.3, 0.4) is 0 Å². The molecule has 6 atom stereocenters. The van der Waals surface area contributed by atoms with Gasteiger partial charge in [0.05, 0.1) is 5.60 Å². The zero-order chi connectivity index (χ0) is 10.2. The van der Waals surface area contributed by atoms with Crippen LogP contribution in [-0.4, -0.2) is 10.7 Å². The van der Waals surface area contributed by atoms with Gasteiger partial charge >= 0.3 is 0 Å². The summed E-state index contributed by atoms with van der Waals surface area (Å²) in [6.45, 7) is 2.25. The third kappa shape index (κ3) is 0.988. The van der Waals surface area contributed by atoms with Crippen molar-refractivity contribution in [2.45, 2.75) is 51.0 Å². The Kier molecular flexibility index (Phi) is 1.57. The fourth-order valence-corrected chi connectivity index (χ4v) is 5.44. The van der Waals surface area contributed by atoms with E-state index in [-0.39, 0.29) is 5.60 Å². The van der Waals surface area contributed by atoms with Crippen molar-refractivity contribution in [2.24, 2.45) is 35.5 Å². The molecule has 4 aliphatic rings. The zero-order valence-corrected chi connectivity index (χ0v) is 9.65. The van der Waals surface area contributed by atoms with Gasteiger partial charge in [0, 0.05) is 0 Å². The molecule has 0 aromatic heterocycles. The van der Waals surface area contributed by atoms with Gasteiger partial charge in [-0.2, -0.15) is 0 Å². The van der Waals surface area contributed by atoms with E-state index in [2.05, 4.69) is 6.92 Å². The molecule has 0 amide bonds. The molecule has 0 heterocycles. The van der Waals surface area contributed by atoms with Gasteiger partial charge in [0.2, 0.25) is 0 Å². The smallest absolute Gasteiger partial charge is 0.0714 e. The maximum Gasteiger partial charge on any atom is 0.0714 e. The zero-order valence-electron chi connectivity index (χ0n) is 9.65. The van der Waals surface area contributed by atoms with E-state index in [0.717, 1.165) is 36.0 Å². The van der Waals surface area contributed by atoms with Crippen LogP contribution in [0.4, 0.5) is 0 Å². The van der Waals surface area contributed by atoms with Crippen LogP contribution in [0.15, 0.2) is 0 Å². The highest BCUT2D eigenvalue weighted by Crippen LogP contribution is 2.76. The van der Waals surface area contributed by atoms with E-state index in [1.807, 2.05) is 0 Å². The first kappa shape index (κ1) is 9.04. The molecule has 0 saturated heterocycles. The molecule has 4 rings (SSSR count). The minimum Gasteiger partial charge on any atom is -0.389 e. The van der Waals surface area contributed by atoms with Crippen molar-refractivity contribution in [3.63, 3.8) is 0 Å². The van der Waals surface area contributed by atoms with E-state index < -0.39 is 0 Å². The Bertz CT molecular complexity index is 284. The Morgan fingerprint density at radius 1 is 1.20 bits per heavy atom. The van der Waals surface area contributed by atoms with E-state index in [9.17, 15) is 5.11 Å². The summed E-state index contributed by atoms with van der Waals surface area (Å²) < 4.78 is 0. The van der Waals surface area contributed by atoms with E-state index in [1.165, 1.54) is 32.1 Å². The third-order valence-corrected chi connectivity index (χ3v) is 6.07. The molecule has 2 bridgehead atoms. The Labute approximate surface area is 92.3 Å². The van der Waals surface area contributed by atoms with Crippen LogP contribution >= 0.6 is 0 Å². The van der Waals surface area contributed by atoms with Gasteiger partial charge in [-0.15, -0.1) is 0 Å². The topological polar surface area (TPSA) is 20.2 Å². The Morgan fingerprint density at radius 3 is 2.47 bits per heavy atom. The summed E-state index contributed by atoms with van der Waals surface area (Å²) >= 11 is 0. The predicted octanol–water partition coefficient (Wildman–Crippen LogP) is 2.83. The lowest BCUT2D eigenvalue weighted by atomic mass is 9.95. The van der Waals surface area contributed by atoms with Crippen molar-refractivity contribution in [1.29, 1.82) is 0 Å². The summed E-state index contributed by atoms with van der Waals surface area (Å²) in [5.74, 6) is 5.41. The van der Waals surface area contributed by atoms with Gasteiger partial charge in [-0.25, -0.2) is 0 Å². The normalized spacial score (nSPS) is 64.4. The largest absolute Gasteiger partial charge is 0.389 e. The number of aliphatic hydroxyl groups is 1. The van der Waals surface area contributed by atoms with Gasteiger partial charge in [-0.1, -0.05) is 13.3 Å². The van der Waals surface area contributed by atoms with Crippen LogP contribution in [0, 0.1) is 35.5 Å². The summed E-state index contributed by atoms with van der Waals surface area (Å²) in [6, 6.07) is 0. The summed E-state index contributed by atoms with van der Waals surface area (Å²) in [6.07, 6.45) is 8.13. The standard InChI is InChI=1S/C14H22O/c1-2-3-10-7-14(10,15)13-11-8-4-5-9(6-8)12(11)13/h8-13,15H,2-7H2,1H3. The second kappa shape index (κ2) is 2.61. The number of rotatable bonds is 3. The van der Waals surface area contributed by atoms with Gasteiger partial charge in [-0.3, -0.25) is 0 Å². The summed E-state index contributed by atoms with van der Waals surface area (Å²) in [5, 5.41) is 10.6. The maximum atomic E-state index is 10.6. The predicted molar refractivity (Wildman–Crippen MR) is 59.3 cm³/mol. The first-order valence-corrected chi connectivity index (χ1v) is 6.98. The minimum atomic E-state index is -0.174. The van der Waals surface area contributed by atoms with Gasteiger partial charge < -0.3 is 5.11 Å². The van der Waals surface area contributed by atoms with E-state index in [0.29, 0.717) is 5.92 Å². The number of hydrogen-bond donors (Lipinski definition) is 1. The van der Waals surface area contributed by atoms with Gasteiger partial charge in [-0.05, 0) is 67.6 Å². The summed E-state index contributed by atoms with van der Waals surface area (Å²) in [5.41, 5.74) is -0.174. The highest BCUT2D eigenvalue weighted by molar-refractivity contribution is 5.24. The molecule has 1 heteroatoms. The molecule has 84 valence electrons.